The Kier molecular flexibility index (Phi) is 5.44. The summed E-state index contributed by atoms with van der Waals surface area (Å²) in [5.41, 5.74) is -0.679. The number of hydrogen-bond donors (Lipinski definition) is 0. The summed E-state index contributed by atoms with van der Waals surface area (Å²) in [7, 11) is 0. The van der Waals surface area contributed by atoms with E-state index >= 15 is 0 Å². The third-order valence-corrected chi connectivity index (χ3v) is 3.21. The first-order chi connectivity index (χ1) is 10.8. The molecule has 122 valence electrons. The quantitative estimate of drug-likeness (QED) is 0.595. The number of ether oxygens (including phenoxy) is 2. The van der Waals surface area contributed by atoms with Gasteiger partial charge in [0.05, 0.1) is 0 Å². The molecule has 0 spiro atoms. The van der Waals surface area contributed by atoms with Crippen LogP contribution in [0.1, 0.15) is 20.8 Å². The average Bonchev–Trinajstić information content (AvgIpc) is 2.45. The second-order valence-corrected chi connectivity index (χ2v) is 6.55. The first kappa shape index (κ1) is 17.5. The van der Waals surface area contributed by atoms with Crippen LogP contribution in [0.5, 0.6) is 11.8 Å². The first-order valence-corrected chi connectivity index (χ1v) is 7.64. The molecule has 0 aliphatic heterocycles. The van der Waals surface area contributed by atoms with Crippen molar-refractivity contribution in [2.45, 2.75) is 27.1 Å². The largest absolute Gasteiger partial charge is 0.430 e. The van der Waals surface area contributed by atoms with Gasteiger partial charge in [-0.2, -0.15) is 0 Å². The lowest BCUT2D eigenvalue weighted by molar-refractivity contribution is -0.146. The monoisotopic (exact) mass is 354 g/mol. The van der Waals surface area contributed by atoms with Crippen molar-refractivity contribution in [3.63, 3.8) is 0 Å². The second-order valence-electron chi connectivity index (χ2n) is 5.78. The maximum absolute atomic E-state index is 12.6. The smallest absolute Gasteiger partial charge is 0.304 e. The number of halogens is 2. The average molecular weight is 355 g/mol. The van der Waals surface area contributed by atoms with Gasteiger partial charge in [0.25, 0.3) is 0 Å². The van der Waals surface area contributed by atoms with Crippen LogP contribution >= 0.6 is 23.2 Å². The standard InChI is InChI=1S/C16H16Cl2N2O3/c1-16(2,3)14(21)15(22-12-8-4-6-10(17)19-12)23-13-9-5-7-11(18)20-13/h4-9,15H,1-3H3. The molecule has 0 bridgehead atoms. The van der Waals surface area contributed by atoms with E-state index in [1.54, 1.807) is 57.2 Å². The summed E-state index contributed by atoms with van der Waals surface area (Å²) in [5, 5.41) is 0.510. The van der Waals surface area contributed by atoms with Crippen molar-refractivity contribution in [2.24, 2.45) is 5.41 Å². The molecule has 5 nitrogen and oxygen atoms in total. The fourth-order valence-corrected chi connectivity index (χ4v) is 1.93. The number of nitrogens with zero attached hydrogens (tertiary/aromatic N) is 2. The maximum atomic E-state index is 12.6. The molecule has 0 fully saturated rings. The Hall–Kier alpha value is -1.85. The van der Waals surface area contributed by atoms with Gasteiger partial charge in [-0.1, -0.05) is 56.1 Å². The van der Waals surface area contributed by atoms with E-state index in [9.17, 15) is 4.79 Å². The van der Waals surface area contributed by atoms with Gasteiger partial charge >= 0.3 is 6.29 Å². The van der Waals surface area contributed by atoms with Gasteiger partial charge in [0.2, 0.25) is 17.5 Å². The van der Waals surface area contributed by atoms with Crippen molar-refractivity contribution in [2.75, 3.05) is 0 Å². The van der Waals surface area contributed by atoms with E-state index in [0.717, 1.165) is 0 Å². The van der Waals surface area contributed by atoms with Crippen LogP contribution in [-0.2, 0) is 4.79 Å². The molecule has 0 saturated heterocycles. The van der Waals surface area contributed by atoms with Gasteiger partial charge < -0.3 is 9.47 Å². The topological polar surface area (TPSA) is 61.3 Å². The highest BCUT2D eigenvalue weighted by Gasteiger charge is 2.33. The highest BCUT2D eigenvalue weighted by Crippen LogP contribution is 2.23. The Bertz CT molecular complexity index is 654. The summed E-state index contributed by atoms with van der Waals surface area (Å²) in [5.74, 6) is 0.102. The molecule has 2 aromatic heterocycles. The summed E-state index contributed by atoms with van der Waals surface area (Å²) in [6.07, 6.45) is -1.22. The SMILES string of the molecule is CC(C)(C)C(=O)C(Oc1cccc(Cl)n1)Oc1cccc(Cl)n1. The zero-order chi connectivity index (χ0) is 17.0. The third kappa shape index (κ3) is 5.08. The van der Waals surface area contributed by atoms with Crippen LogP contribution in [0.2, 0.25) is 10.3 Å². The third-order valence-electron chi connectivity index (χ3n) is 2.79. The minimum atomic E-state index is -1.22. The molecule has 0 unspecified atom stereocenters. The second kappa shape index (κ2) is 7.15. The van der Waals surface area contributed by atoms with Crippen LogP contribution in [0.15, 0.2) is 36.4 Å². The molecule has 0 saturated carbocycles. The van der Waals surface area contributed by atoms with E-state index in [1.807, 2.05) is 0 Å². The van der Waals surface area contributed by atoms with Crippen LogP contribution in [-0.4, -0.2) is 22.0 Å². The number of ketones is 1. The zero-order valence-corrected chi connectivity index (χ0v) is 14.4. The molecule has 0 N–H and O–H groups in total. The van der Waals surface area contributed by atoms with Gasteiger partial charge in [0.1, 0.15) is 10.3 Å². The molecule has 7 heteroatoms. The van der Waals surface area contributed by atoms with Crippen molar-refractivity contribution in [1.29, 1.82) is 0 Å². The van der Waals surface area contributed by atoms with Crippen molar-refractivity contribution in [1.82, 2.24) is 9.97 Å². The van der Waals surface area contributed by atoms with E-state index in [4.69, 9.17) is 32.7 Å². The Labute approximate surface area is 144 Å². The van der Waals surface area contributed by atoms with E-state index in [1.165, 1.54) is 0 Å². The Morgan fingerprint density at radius 2 is 1.39 bits per heavy atom. The molecule has 23 heavy (non-hydrogen) atoms. The number of hydrogen-bond acceptors (Lipinski definition) is 5. The molecule has 2 aromatic rings. The lowest BCUT2D eigenvalue weighted by Gasteiger charge is -2.24. The Balaban J connectivity index is 2.26. The normalized spacial score (nSPS) is 11.4. The molecular formula is C16H16Cl2N2O3. The van der Waals surface area contributed by atoms with Gasteiger partial charge in [-0.05, 0) is 12.1 Å². The van der Waals surface area contributed by atoms with Crippen LogP contribution in [0.4, 0.5) is 0 Å². The number of Topliss-reactive ketones (excluding diaryl/α,β-unsaturated/α-hetero) is 1. The molecule has 2 heterocycles. The minimum Gasteiger partial charge on any atom is -0.430 e. The molecule has 0 aliphatic carbocycles. The van der Waals surface area contributed by atoms with Gasteiger partial charge in [0, 0.05) is 17.5 Å². The number of carbonyl (C=O) groups excluding carboxylic acids is 1. The minimum absolute atomic E-state index is 0.183. The van der Waals surface area contributed by atoms with Gasteiger partial charge in [-0.15, -0.1) is 0 Å². The lowest BCUT2D eigenvalue weighted by atomic mass is 9.90. The molecule has 0 aliphatic rings. The highest BCUT2D eigenvalue weighted by atomic mass is 35.5. The molecule has 0 amide bonds. The molecule has 0 aromatic carbocycles. The maximum Gasteiger partial charge on any atom is 0.304 e. The molecule has 2 rings (SSSR count). The summed E-state index contributed by atoms with van der Waals surface area (Å²) >= 11 is 11.7. The number of pyridine rings is 2. The first-order valence-electron chi connectivity index (χ1n) is 6.88. The van der Waals surface area contributed by atoms with Crippen molar-refractivity contribution >= 4 is 29.0 Å². The lowest BCUT2D eigenvalue weighted by Crippen LogP contribution is -2.41. The molecule has 0 radical (unpaired) electrons. The summed E-state index contributed by atoms with van der Waals surface area (Å²) in [4.78, 5) is 20.6. The Morgan fingerprint density at radius 3 is 1.74 bits per heavy atom. The van der Waals surface area contributed by atoms with Crippen molar-refractivity contribution in [3.8, 4) is 11.8 Å². The van der Waals surface area contributed by atoms with E-state index in [2.05, 4.69) is 9.97 Å². The van der Waals surface area contributed by atoms with Gasteiger partial charge in [-0.25, -0.2) is 9.97 Å². The number of carbonyl (C=O) groups is 1. The summed E-state index contributed by atoms with van der Waals surface area (Å²) in [6, 6.07) is 9.72. The van der Waals surface area contributed by atoms with Gasteiger partial charge in [0.15, 0.2) is 0 Å². The number of rotatable bonds is 5. The highest BCUT2D eigenvalue weighted by molar-refractivity contribution is 6.29. The molecular weight excluding hydrogens is 339 g/mol. The fourth-order valence-electron chi connectivity index (χ4n) is 1.61. The van der Waals surface area contributed by atoms with E-state index < -0.39 is 11.7 Å². The van der Waals surface area contributed by atoms with E-state index in [0.29, 0.717) is 0 Å². The Morgan fingerprint density at radius 1 is 0.957 bits per heavy atom. The van der Waals surface area contributed by atoms with Crippen LogP contribution in [0.25, 0.3) is 0 Å². The van der Waals surface area contributed by atoms with Crippen molar-refractivity contribution < 1.29 is 14.3 Å². The zero-order valence-electron chi connectivity index (χ0n) is 12.9. The fraction of sp³-hybridized carbons (Fsp3) is 0.312. The van der Waals surface area contributed by atoms with Crippen LogP contribution < -0.4 is 9.47 Å². The number of aromatic nitrogens is 2. The summed E-state index contributed by atoms with van der Waals surface area (Å²) in [6.45, 7) is 5.31. The van der Waals surface area contributed by atoms with Gasteiger partial charge in [-0.3, -0.25) is 4.79 Å². The van der Waals surface area contributed by atoms with E-state index in [-0.39, 0.29) is 27.8 Å². The van der Waals surface area contributed by atoms with Crippen LogP contribution in [0, 0.1) is 5.41 Å². The molecule has 0 atom stereocenters. The van der Waals surface area contributed by atoms with Crippen molar-refractivity contribution in [3.05, 3.63) is 46.7 Å². The van der Waals surface area contributed by atoms with Crippen LogP contribution in [0.3, 0.4) is 0 Å². The summed E-state index contributed by atoms with van der Waals surface area (Å²) < 4.78 is 11.2. The predicted octanol–water partition coefficient (Wildman–Crippen LogP) is 4.18. The predicted molar refractivity (Wildman–Crippen MR) is 88.0 cm³/mol.